The summed E-state index contributed by atoms with van der Waals surface area (Å²) in [6.45, 7) is 5.56. The summed E-state index contributed by atoms with van der Waals surface area (Å²) >= 11 is 0. The minimum absolute atomic E-state index is 0.0297. The lowest BCUT2D eigenvalue weighted by Crippen LogP contribution is -2.43. The fourth-order valence-electron chi connectivity index (χ4n) is 4.18. The van der Waals surface area contributed by atoms with Crippen LogP contribution in [0.4, 0.5) is 5.69 Å². The standard InChI is InChI=1S/C19H27N5O/c25-15-17-13-24(21-20-17)12-16-6-9-22(10-7-16)19-8-11-23(14-19)18-4-2-1-3-5-18/h1-5,13,16,19,25H,6-12,14-15H2. The number of nitrogens with zero attached hydrogens (tertiary/aromatic N) is 5. The number of likely N-dealkylation sites (tertiary alicyclic amines) is 1. The van der Waals surface area contributed by atoms with Crippen LogP contribution in [-0.2, 0) is 13.2 Å². The highest BCUT2D eigenvalue weighted by atomic mass is 16.3. The van der Waals surface area contributed by atoms with Crippen LogP contribution in [0.5, 0.6) is 0 Å². The monoisotopic (exact) mass is 341 g/mol. The third kappa shape index (κ3) is 3.85. The molecular weight excluding hydrogens is 314 g/mol. The molecule has 1 aromatic heterocycles. The highest BCUT2D eigenvalue weighted by Crippen LogP contribution is 2.27. The summed E-state index contributed by atoms with van der Waals surface area (Å²) in [5.74, 6) is 0.663. The molecule has 0 aliphatic carbocycles. The lowest BCUT2D eigenvalue weighted by Gasteiger charge is -2.36. The maximum absolute atomic E-state index is 9.09. The van der Waals surface area contributed by atoms with Crippen LogP contribution >= 0.6 is 0 Å². The van der Waals surface area contributed by atoms with Crippen molar-refractivity contribution in [2.75, 3.05) is 31.1 Å². The predicted octanol–water partition coefficient (Wildman–Crippen LogP) is 1.76. The third-order valence-electron chi connectivity index (χ3n) is 5.64. The normalized spacial score (nSPS) is 22.6. The molecule has 1 atom stereocenters. The molecule has 3 heterocycles. The Morgan fingerprint density at radius 2 is 1.84 bits per heavy atom. The van der Waals surface area contributed by atoms with E-state index in [0.29, 0.717) is 17.7 Å². The van der Waals surface area contributed by atoms with Gasteiger partial charge < -0.3 is 10.0 Å². The Kier molecular flexibility index (Phi) is 4.99. The van der Waals surface area contributed by atoms with E-state index in [1.165, 1.54) is 38.0 Å². The SMILES string of the molecule is OCc1cn(CC2CCN(C3CCN(c4ccccc4)C3)CC2)nn1. The van der Waals surface area contributed by atoms with E-state index in [-0.39, 0.29) is 6.61 Å². The van der Waals surface area contributed by atoms with Crippen molar-refractivity contribution in [3.63, 3.8) is 0 Å². The van der Waals surface area contributed by atoms with Gasteiger partial charge in [-0.05, 0) is 50.4 Å². The summed E-state index contributed by atoms with van der Waals surface area (Å²) in [4.78, 5) is 5.20. The van der Waals surface area contributed by atoms with Crippen molar-refractivity contribution in [3.8, 4) is 0 Å². The minimum atomic E-state index is -0.0297. The van der Waals surface area contributed by atoms with Crippen molar-refractivity contribution in [1.29, 1.82) is 0 Å². The molecule has 2 aliphatic rings. The van der Waals surface area contributed by atoms with Gasteiger partial charge in [0.25, 0.3) is 0 Å². The Balaban J connectivity index is 1.26. The Bertz CT molecular complexity index is 665. The van der Waals surface area contributed by atoms with Crippen LogP contribution in [0.1, 0.15) is 25.0 Å². The van der Waals surface area contributed by atoms with Gasteiger partial charge in [0.2, 0.25) is 0 Å². The number of aliphatic hydroxyl groups excluding tert-OH is 1. The van der Waals surface area contributed by atoms with Gasteiger partial charge in [-0.2, -0.15) is 0 Å². The Labute approximate surface area is 149 Å². The molecule has 1 N–H and O–H groups in total. The molecule has 1 unspecified atom stereocenters. The Morgan fingerprint density at radius 1 is 1.04 bits per heavy atom. The van der Waals surface area contributed by atoms with Crippen LogP contribution in [0.15, 0.2) is 36.5 Å². The molecule has 6 nitrogen and oxygen atoms in total. The summed E-state index contributed by atoms with van der Waals surface area (Å²) < 4.78 is 1.89. The number of aromatic nitrogens is 3. The topological polar surface area (TPSA) is 57.4 Å². The highest BCUT2D eigenvalue weighted by Gasteiger charge is 2.30. The van der Waals surface area contributed by atoms with Gasteiger partial charge in [0.05, 0.1) is 12.8 Å². The second-order valence-electron chi connectivity index (χ2n) is 7.29. The van der Waals surface area contributed by atoms with Crippen LogP contribution in [0.25, 0.3) is 0 Å². The van der Waals surface area contributed by atoms with E-state index in [4.69, 9.17) is 5.11 Å². The molecule has 4 rings (SSSR count). The van der Waals surface area contributed by atoms with Gasteiger partial charge in [-0.15, -0.1) is 5.10 Å². The molecular formula is C19H27N5O. The zero-order valence-corrected chi connectivity index (χ0v) is 14.7. The van der Waals surface area contributed by atoms with Crippen LogP contribution in [0.2, 0.25) is 0 Å². The number of hydrogen-bond donors (Lipinski definition) is 1. The van der Waals surface area contributed by atoms with E-state index in [1.54, 1.807) is 0 Å². The smallest absolute Gasteiger partial charge is 0.108 e. The first-order valence-corrected chi connectivity index (χ1v) is 9.36. The number of rotatable bonds is 5. The molecule has 2 aromatic rings. The van der Waals surface area contributed by atoms with Crippen LogP contribution in [0, 0.1) is 5.92 Å². The predicted molar refractivity (Wildman–Crippen MR) is 97.3 cm³/mol. The van der Waals surface area contributed by atoms with Crippen molar-refractivity contribution >= 4 is 5.69 Å². The van der Waals surface area contributed by atoms with Crippen molar-refractivity contribution < 1.29 is 5.11 Å². The van der Waals surface area contributed by atoms with E-state index < -0.39 is 0 Å². The summed E-state index contributed by atoms with van der Waals surface area (Å²) in [6.07, 6.45) is 5.57. The number of piperidine rings is 1. The average molecular weight is 341 g/mol. The van der Waals surface area contributed by atoms with Crippen molar-refractivity contribution in [3.05, 3.63) is 42.2 Å². The van der Waals surface area contributed by atoms with E-state index in [0.717, 1.165) is 19.6 Å². The maximum Gasteiger partial charge on any atom is 0.108 e. The summed E-state index contributed by atoms with van der Waals surface area (Å²) in [7, 11) is 0. The number of benzene rings is 1. The van der Waals surface area contributed by atoms with Gasteiger partial charge in [-0.1, -0.05) is 23.4 Å². The molecule has 25 heavy (non-hydrogen) atoms. The van der Waals surface area contributed by atoms with E-state index in [1.807, 2.05) is 10.9 Å². The average Bonchev–Trinajstić information content (AvgIpc) is 3.33. The summed E-state index contributed by atoms with van der Waals surface area (Å²) in [5, 5.41) is 17.2. The van der Waals surface area contributed by atoms with Gasteiger partial charge in [0.1, 0.15) is 5.69 Å². The van der Waals surface area contributed by atoms with E-state index in [2.05, 4.69) is 50.4 Å². The Morgan fingerprint density at radius 3 is 2.56 bits per heavy atom. The zero-order valence-electron chi connectivity index (χ0n) is 14.7. The first-order chi connectivity index (χ1) is 12.3. The largest absolute Gasteiger partial charge is 0.390 e. The quantitative estimate of drug-likeness (QED) is 0.898. The third-order valence-corrected chi connectivity index (χ3v) is 5.64. The molecule has 0 saturated carbocycles. The fraction of sp³-hybridized carbons (Fsp3) is 0.579. The summed E-state index contributed by atoms with van der Waals surface area (Å²) in [5.41, 5.74) is 2.01. The van der Waals surface area contributed by atoms with E-state index in [9.17, 15) is 0 Å². The molecule has 2 saturated heterocycles. The lowest BCUT2D eigenvalue weighted by molar-refractivity contribution is 0.132. The molecule has 0 bridgehead atoms. The number of hydrogen-bond acceptors (Lipinski definition) is 5. The zero-order chi connectivity index (χ0) is 17.1. The van der Waals surface area contributed by atoms with Crippen molar-refractivity contribution in [2.24, 2.45) is 5.92 Å². The van der Waals surface area contributed by atoms with Gasteiger partial charge in [-0.25, -0.2) is 0 Å². The maximum atomic E-state index is 9.09. The second kappa shape index (κ2) is 7.54. The Hall–Kier alpha value is -1.92. The molecule has 1 aromatic carbocycles. The first-order valence-electron chi connectivity index (χ1n) is 9.36. The molecule has 134 valence electrons. The van der Waals surface area contributed by atoms with Crippen LogP contribution < -0.4 is 4.90 Å². The van der Waals surface area contributed by atoms with Gasteiger partial charge in [0, 0.05) is 31.4 Å². The highest BCUT2D eigenvalue weighted by molar-refractivity contribution is 5.47. The molecule has 2 aliphatic heterocycles. The number of aliphatic hydroxyl groups is 1. The first kappa shape index (κ1) is 16.5. The number of anilines is 1. The molecule has 6 heteroatoms. The van der Waals surface area contributed by atoms with Crippen molar-refractivity contribution in [1.82, 2.24) is 19.9 Å². The molecule has 0 radical (unpaired) electrons. The van der Waals surface area contributed by atoms with Gasteiger partial charge >= 0.3 is 0 Å². The van der Waals surface area contributed by atoms with Crippen molar-refractivity contribution in [2.45, 2.75) is 38.5 Å². The molecule has 0 spiro atoms. The van der Waals surface area contributed by atoms with E-state index >= 15 is 0 Å². The lowest BCUT2D eigenvalue weighted by atomic mass is 9.95. The molecule has 2 fully saturated rings. The fourth-order valence-corrected chi connectivity index (χ4v) is 4.18. The second-order valence-corrected chi connectivity index (χ2v) is 7.29. The van der Waals surface area contributed by atoms with Crippen LogP contribution in [0.3, 0.4) is 0 Å². The number of para-hydroxylation sites is 1. The summed E-state index contributed by atoms with van der Waals surface area (Å²) in [6, 6.07) is 11.5. The van der Waals surface area contributed by atoms with Gasteiger partial charge in [-0.3, -0.25) is 9.58 Å². The molecule has 0 amide bonds. The van der Waals surface area contributed by atoms with Gasteiger partial charge in [0.15, 0.2) is 0 Å². The van der Waals surface area contributed by atoms with Crippen LogP contribution in [-0.4, -0.2) is 57.2 Å². The minimum Gasteiger partial charge on any atom is -0.390 e.